The average Bonchev–Trinajstić information content (AvgIpc) is 3.52. The van der Waals surface area contributed by atoms with Gasteiger partial charge in [-0.1, -0.05) is 53.7 Å². The number of hydrogen-bond donors (Lipinski definition) is 3. The highest BCUT2D eigenvalue weighted by Gasteiger charge is 2.23. The molecule has 0 radical (unpaired) electrons. The molecular weight excluding hydrogens is 412 g/mol. The van der Waals surface area contributed by atoms with Crippen molar-refractivity contribution in [3.63, 3.8) is 0 Å². The van der Waals surface area contributed by atoms with Crippen molar-refractivity contribution >= 4 is 17.9 Å². The molecule has 0 aliphatic heterocycles. The molecule has 0 spiro atoms. The van der Waals surface area contributed by atoms with Crippen LogP contribution in [-0.4, -0.2) is 33.7 Å². The fourth-order valence-electron chi connectivity index (χ4n) is 3.25. The lowest BCUT2D eigenvalue weighted by atomic mass is 10.00. The number of nitrogens with zero attached hydrogens (tertiary/aromatic N) is 1. The number of hydrogen-bond acceptors (Lipinski definition) is 5. The molecule has 8 heteroatoms. The third-order valence-corrected chi connectivity index (χ3v) is 4.88. The van der Waals surface area contributed by atoms with Crippen molar-refractivity contribution < 1.29 is 29.1 Å². The summed E-state index contributed by atoms with van der Waals surface area (Å²) >= 11 is 0. The molecule has 1 aliphatic rings. The van der Waals surface area contributed by atoms with Gasteiger partial charge in [0.15, 0.2) is 5.76 Å². The Morgan fingerprint density at radius 3 is 2.00 bits per heavy atom. The van der Waals surface area contributed by atoms with Crippen LogP contribution in [0.1, 0.15) is 43.9 Å². The van der Waals surface area contributed by atoms with E-state index in [9.17, 15) is 4.79 Å². The van der Waals surface area contributed by atoms with Crippen LogP contribution in [0.4, 0.5) is 15.3 Å². The third-order valence-electron chi connectivity index (χ3n) is 4.88. The summed E-state index contributed by atoms with van der Waals surface area (Å²) in [6.45, 7) is 5.37. The van der Waals surface area contributed by atoms with Gasteiger partial charge < -0.3 is 19.5 Å². The van der Waals surface area contributed by atoms with Crippen molar-refractivity contribution in [2.45, 2.75) is 45.6 Å². The number of ether oxygens (including phenoxy) is 1. The van der Waals surface area contributed by atoms with Gasteiger partial charge in [-0.05, 0) is 56.2 Å². The molecular formula is C24H26N2O6. The number of anilines is 1. The smallest absolute Gasteiger partial charge is 0.450 e. The Kier molecular flexibility index (Phi) is 7.14. The van der Waals surface area contributed by atoms with Crippen molar-refractivity contribution in [2.75, 3.05) is 5.32 Å². The number of aromatic nitrogens is 1. The lowest BCUT2D eigenvalue weighted by Crippen LogP contribution is -2.18. The summed E-state index contributed by atoms with van der Waals surface area (Å²) in [5, 5.41) is 20.8. The van der Waals surface area contributed by atoms with E-state index in [1.807, 2.05) is 12.1 Å². The van der Waals surface area contributed by atoms with Crippen LogP contribution >= 0.6 is 0 Å². The molecule has 2 aromatic carbocycles. The first-order valence-corrected chi connectivity index (χ1v) is 10.3. The summed E-state index contributed by atoms with van der Waals surface area (Å²) in [5.41, 5.74) is 5.75. The van der Waals surface area contributed by atoms with Gasteiger partial charge in [-0.2, -0.15) is 0 Å². The topological polar surface area (TPSA) is 122 Å². The van der Waals surface area contributed by atoms with Gasteiger partial charge in [0.1, 0.15) is 11.4 Å². The third kappa shape index (κ3) is 6.10. The van der Waals surface area contributed by atoms with Crippen LogP contribution in [0.3, 0.4) is 0 Å². The van der Waals surface area contributed by atoms with Gasteiger partial charge in [0.05, 0.1) is 6.10 Å². The molecule has 1 aliphatic carbocycles. The van der Waals surface area contributed by atoms with E-state index in [-0.39, 0.29) is 6.10 Å². The highest BCUT2D eigenvalue weighted by Crippen LogP contribution is 2.40. The summed E-state index contributed by atoms with van der Waals surface area (Å²) in [7, 11) is 0. The van der Waals surface area contributed by atoms with Crippen LogP contribution in [0.25, 0.3) is 22.4 Å². The fourth-order valence-corrected chi connectivity index (χ4v) is 3.25. The minimum Gasteiger partial charge on any atom is -0.450 e. The highest BCUT2D eigenvalue weighted by molar-refractivity contribution is 5.91. The Hall–Kier alpha value is -3.81. The molecule has 0 saturated heterocycles. The van der Waals surface area contributed by atoms with E-state index in [2.05, 4.69) is 46.9 Å². The van der Waals surface area contributed by atoms with Crippen molar-refractivity contribution in [1.82, 2.24) is 5.16 Å². The molecule has 8 nitrogen and oxygen atoms in total. The van der Waals surface area contributed by atoms with E-state index in [0.29, 0.717) is 17.1 Å². The Balaban J connectivity index is 0.000000668. The monoisotopic (exact) mass is 438 g/mol. The van der Waals surface area contributed by atoms with Crippen LogP contribution in [0.2, 0.25) is 0 Å². The number of amides is 1. The van der Waals surface area contributed by atoms with Gasteiger partial charge in [-0.25, -0.2) is 9.59 Å². The number of carboxylic acid groups (broad SMARTS) is 2. The van der Waals surface area contributed by atoms with E-state index in [1.165, 1.54) is 24.0 Å². The maximum atomic E-state index is 12.0. The summed E-state index contributed by atoms with van der Waals surface area (Å²) in [6.07, 6.45) is 0.0718. The second-order valence-electron chi connectivity index (χ2n) is 7.80. The van der Waals surface area contributed by atoms with Crippen molar-refractivity contribution in [1.29, 1.82) is 0 Å². The molecule has 1 saturated carbocycles. The minimum atomic E-state index is -1.83. The van der Waals surface area contributed by atoms with Crippen LogP contribution in [-0.2, 0) is 4.74 Å². The predicted molar refractivity (Wildman–Crippen MR) is 120 cm³/mol. The minimum absolute atomic E-state index is 0.200. The van der Waals surface area contributed by atoms with Gasteiger partial charge in [-0.3, -0.25) is 5.32 Å². The maximum absolute atomic E-state index is 12.0. The first-order valence-electron chi connectivity index (χ1n) is 10.3. The summed E-state index contributed by atoms with van der Waals surface area (Å²) in [4.78, 5) is 20.5. The fraction of sp³-hybridized carbons (Fsp3) is 0.292. The zero-order chi connectivity index (χ0) is 23.3. The van der Waals surface area contributed by atoms with E-state index in [4.69, 9.17) is 24.3 Å². The molecule has 1 amide bonds. The molecule has 32 heavy (non-hydrogen) atoms. The number of nitrogens with one attached hydrogen (secondary N) is 1. The van der Waals surface area contributed by atoms with Crippen LogP contribution in [0.5, 0.6) is 0 Å². The zero-order valence-electron chi connectivity index (χ0n) is 18.2. The molecule has 0 atom stereocenters. The predicted octanol–water partition coefficient (Wildman–Crippen LogP) is 6.37. The number of benzene rings is 2. The van der Waals surface area contributed by atoms with E-state index >= 15 is 0 Å². The van der Waals surface area contributed by atoms with Crippen molar-refractivity contribution in [2.24, 2.45) is 0 Å². The first-order chi connectivity index (χ1) is 15.2. The number of carbonyl (C=O) groups is 2. The lowest BCUT2D eigenvalue weighted by molar-refractivity contribution is 0.129. The van der Waals surface area contributed by atoms with Crippen LogP contribution < -0.4 is 5.32 Å². The van der Waals surface area contributed by atoms with Crippen LogP contribution in [0.15, 0.2) is 53.1 Å². The SMILES string of the molecule is Cc1onc(-c2ccc(-c3ccc(C4CC4)cc3)cc2)c1NC(=O)OC(C)C.O=C(O)O. The Bertz CT molecular complexity index is 1060. The molecule has 168 valence electrons. The Labute approximate surface area is 185 Å². The van der Waals surface area contributed by atoms with E-state index in [1.54, 1.807) is 20.8 Å². The molecule has 4 rings (SSSR count). The second kappa shape index (κ2) is 10.00. The molecule has 1 aromatic heterocycles. The van der Waals surface area contributed by atoms with Crippen molar-refractivity contribution in [3.05, 3.63) is 59.9 Å². The van der Waals surface area contributed by atoms with E-state index in [0.717, 1.165) is 17.0 Å². The number of rotatable bonds is 5. The number of carbonyl (C=O) groups excluding carboxylic acids is 1. The maximum Gasteiger partial charge on any atom is 0.503 e. The molecule has 1 heterocycles. The van der Waals surface area contributed by atoms with Crippen molar-refractivity contribution in [3.8, 4) is 22.4 Å². The average molecular weight is 438 g/mol. The first kappa shape index (κ1) is 22.9. The van der Waals surface area contributed by atoms with Gasteiger partial charge in [0, 0.05) is 5.56 Å². The summed E-state index contributed by atoms with van der Waals surface area (Å²) in [6, 6.07) is 16.9. The van der Waals surface area contributed by atoms with Gasteiger partial charge in [-0.15, -0.1) is 0 Å². The summed E-state index contributed by atoms with van der Waals surface area (Å²) < 4.78 is 10.4. The lowest BCUT2D eigenvalue weighted by Gasteiger charge is -2.10. The zero-order valence-corrected chi connectivity index (χ0v) is 18.2. The quantitative estimate of drug-likeness (QED) is 0.423. The van der Waals surface area contributed by atoms with Gasteiger partial charge in [0.2, 0.25) is 0 Å². The normalized spacial score (nSPS) is 12.6. The summed E-state index contributed by atoms with van der Waals surface area (Å²) in [5.74, 6) is 1.30. The van der Waals surface area contributed by atoms with Crippen LogP contribution in [0, 0.1) is 6.92 Å². The standard InChI is InChI=1S/C23H24N2O3.CH2O3/c1-14(2)27-23(26)24-21-15(3)28-25-22(21)20-12-10-19(11-13-20)18-8-6-17(7-9-18)16-4-5-16;2-1(3)4/h6-14,16H,4-5H2,1-3H3,(H,24,26);(H2,2,3,4). The second-order valence-corrected chi connectivity index (χ2v) is 7.80. The van der Waals surface area contributed by atoms with Gasteiger partial charge >= 0.3 is 12.2 Å². The molecule has 3 aromatic rings. The highest BCUT2D eigenvalue weighted by atomic mass is 16.6. The molecule has 0 unspecified atom stereocenters. The molecule has 1 fully saturated rings. The number of aryl methyl sites for hydroxylation is 1. The molecule has 0 bridgehead atoms. The Morgan fingerprint density at radius 2 is 1.50 bits per heavy atom. The molecule has 3 N–H and O–H groups in total. The van der Waals surface area contributed by atoms with Gasteiger partial charge in [0.25, 0.3) is 0 Å². The largest absolute Gasteiger partial charge is 0.503 e. The van der Waals surface area contributed by atoms with E-state index < -0.39 is 12.2 Å². The Morgan fingerprint density at radius 1 is 1.00 bits per heavy atom.